The Labute approximate surface area is 200 Å². The smallest absolute Gasteiger partial charge is 0.335 e. The van der Waals surface area contributed by atoms with Crippen LogP contribution in [-0.2, 0) is 0 Å². The van der Waals surface area contributed by atoms with Crippen molar-refractivity contribution in [2.24, 2.45) is 10.2 Å². The number of phenols is 1. The lowest BCUT2D eigenvalue weighted by Gasteiger charge is -2.13. The van der Waals surface area contributed by atoms with Gasteiger partial charge in [0.15, 0.2) is 5.75 Å². The number of aromatic hydroxyl groups is 1. The summed E-state index contributed by atoms with van der Waals surface area (Å²) in [5.41, 5.74) is 0.593. The van der Waals surface area contributed by atoms with Gasteiger partial charge in [0.1, 0.15) is 5.69 Å². The summed E-state index contributed by atoms with van der Waals surface area (Å²) in [6.45, 7) is 5.52. The average Bonchev–Trinajstić information content (AvgIpc) is 2.84. The van der Waals surface area contributed by atoms with E-state index in [0.29, 0.717) is 16.8 Å². The predicted molar refractivity (Wildman–Crippen MR) is 132 cm³/mol. The van der Waals surface area contributed by atoms with Crippen molar-refractivity contribution in [3.63, 3.8) is 0 Å². The summed E-state index contributed by atoms with van der Waals surface area (Å²) < 4.78 is 0. The highest BCUT2D eigenvalue weighted by Crippen LogP contribution is 2.39. The Morgan fingerprint density at radius 2 is 1.57 bits per heavy atom. The summed E-state index contributed by atoms with van der Waals surface area (Å²) in [7, 11) is 0. The zero-order chi connectivity index (χ0) is 25.5. The molecule has 1 amide bonds. The van der Waals surface area contributed by atoms with Crippen LogP contribution >= 0.6 is 0 Å². The van der Waals surface area contributed by atoms with Gasteiger partial charge in [-0.3, -0.25) is 4.79 Å². The number of rotatable bonds is 8. The quantitative estimate of drug-likeness (QED) is 0.290. The Kier molecular flexibility index (Phi) is 7.53. The van der Waals surface area contributed by atoms with Gasteiger partial charge >= 0.3 is 11.9 Å². The van der Waals surface area contributed by atoms with Gasteiger partial charge in [-0.2, -0.15) is 5.11 Å². The topological polar surface area (TPSA) is 149 Å². The normalized spacial score (nSPS) is 11.0. The lowest BCUT2D eigenvalue weighted by atomic mass is 9.99. The summed E-state index contributed by atoms with van der Waals surface area (Å²) >= 11 is 0. The molecule has 0 unspecified atom stereocenters. The summed E-state index contributed by atoms with van der Waals surface area (Å²) in [6, 6.07) is 13.4. The summed E-state index contributed by atoms with van der Waals surface area (Å²) in [6.07, 6.45) is 4.86. The van der Waals surface area contributed by atoms with E-state index in [1.54, 1.807) is 49.4 Å². The second-order valence-electron chi connectivity index (χ2n) is 7.23. The lowest BCUT2D eigenvalue weighted by Crippen LogP contribution is -2.12. The molecule has 0 aliphatic heterocycles. The first-order valence-corrected chi connectivity index (χ1v) is 10.3. The van der Waals surface area contributed by atoms with Crippen LogP contribution < -0.4 is 5.32 Å². The van der Waals surface area contributed by atoms with Crippen molar-refractivity contribution in [1.82, 2.24) is 0 Å². The molecule has 3 aromatic carbocycles. The number of carboxylic acids is 2. The second-order valence-corrected chi connectivity index (χ2v) is 7.23. The van der Waals surface area contributed by atoms with Crippen LogP contribution in [0.25, 0.3) is 12.2 Å². The Morgan fingerprint density at radius 1 is 0.943 bits per heavy atom. The second kappa shape index (κ2) is 10.7. The molecule has 0 aliphatic carbocycles. The third-order valence-electron chi connectivity index (χ3n) is 4.85. The van der Waals surface area contributed by atoms with Crippen LogP contribution in [0.5, 0.6) is 5.75 Å². The summed E-state index contributed by atoms with van der Waals surface area (Å²) in [4.78, 5) is 35.7. The molecule has 0 saturated carbocycles. The molecule has 0 aliphatic rings. The largest absolute Gasteiger partial charge is 0.505 e. The molecule has 0 spiro atoms. The number of para-hydroxylation sites is 1. The van der Waals surface area contributed by atoms with E-state index in [2.05, 4.69) is 22.1 Å². The van der Waals surface area contributed by atoms with Gasteiger partial charge in [0.2, 0.25) is 0 Å². The fourth-order valence-corrected chi connectivity index (χ4v) is 3.24. The number of benzene rings is 3. The van der Waals surface area contributed by atoms with E-state index in [1.165, 1.54) is 12.1 Å². The number of nitrogens with one attached hydrogen (secondary N) is 1. The molecule has 0 aromatic heterocycles. The van der Waals surface area contributed by atoms with Gasteiger partial charge < -0.3 is 20.6 Å². The van der Waals surface area contributed by atoms with Crippen LogP contribution in [0.1, 0.15) is 49.1 Å². The van der Waals surface area contributed by atoms with Crippen LogP contribution in [0.3, 0.4) is 0 Å². The number of hydrogen-bond acceptors (Lipinski definition) is 6. The summed E-state index contributed by atoms with van der Waals surface area (Å²) in [5, 5.41) is 40.2. The van der Waals surface area contributed by atoms with Crippen molar-refractivity contribution in [3.05, 3.63) is 95.1 Å². The predicted octanol–water partition coefficient (Wildman–Crippen LogP) is 6.13. The molecule has 0 radical (unpaired) electrons. The number of amides is 1. The van der Waals surface area contributed by atoms with Gasteiger partial charge in [0.05, 0.1) is 22.4 Å². The van der Waals surface area contributed by atoms with Crippen LogP contribution in [-0.4, -0.2) is 33.2 Å². The van der Waals surface area contributed by atoms with Crippen molar-refractivity contribution in [3.8, 4) is 5.75 Å². The van der Waals surface area contributed by atoms with Gasteiger partial charge in [-0.15, -0.1) is 5.11 Å². The number of carbonyl (C=O) groups excluding carboxylic acids is 1. The van der Waals surface area contributed by atoms with Crippen LogP contribution in [0.2, 0.25) is 0 Å². The Hall–Kier alpha value is -5.05. The van der Waals surface area contributed by atoms with Crippen molar-refractivity contribution in [1.29, 1.82) is 0 Å². The minimum absolute atomic E-state index is 0.0663. The SMILES string of the molecule is C=Cc1c(/C=C\C)cc(C(=O)Nc2ccccc2)c(O)c1N=Nc1cc(C(=O)O)cc(C(=O)O)c1. The van der Waals surface area contributed by atoms with Crippen molar-refractivity contribution in [2.45, 2.75) is 6.92 Å². The standard InChI is InChI=1S/C26H21N3O6/c1-3-8-15-14-21(24(31)27-18-9-6-5-7-10-18)23(30)22(20(15)4-2)29-28-19-12-16(25(32)33)11-17(13-19)26(34)35/h3-14,30H,2H2,1H3,(H,27,31)(H,32,33)(H,34,35)/b8-3-,29-28?. The van der Waals surface area contributed by atoms with Gasteiger partial charge in [0.25, 0.3) is 5.91 Å². The molecule has 4 N–H and O–H groups in total. The van der Waals surface area contributed by atoms with Crippen LogP contribution in [0, 0.1) is 0 Å². The van der Waals surface area contributed by atoms with E-state index in [0.717, 1.165) is 18.2 Å². The van der Waals surface area contributed by atoms with Crippen molar-refractivity contribution >= 4 is 47.1 Å². The maximum atomic E-state index is 12.9. The van der Waals surface area contributed by atoms with Gasteiger partial charge in [-0.05, 0) is 48.9 Å². The Balaban J connectivity index is 2.14. The molecule has 0 heterocycles. The third-order valence-corrected chi connectivity index (χ3v) is 4.85. The monoisotopic (exact) mass is 471 g/mol. The zero-order valence-corrected chi connectivity index (χ0v) is 18.6. The van der Waals surface area contributed by atoms with E-state index in [9.17, 15) is 29.7 Å². The number of phenolic OH excluding ortho intramolecular Hbond substituents is 1. The zero-order valence-electron chi connectivity index (χ0n) is 18.6. The van der Waals surface area contributed by atoms with E-state index in [-0.39, 0.29) is 28.1 Å². The first-order valence-electron chi connectivity index (χ1n) is 10.3. The molecule has 0 saturated heterocycles. The number of carboxylic acid groups (broad SMARTS) is 2. The Bertz CT molecular complexity index is 1350. The van der Waals surface area contributed by atoms with Crippen LogP contribution in [0.15, 0.2) is 77.5 Å². The van der Waals surface area contributed by atoms with Crippen LogP contribution in [0.4, 0.5) is 17.1 Å². The molecular formula is C26H21N3O6. The van der Waals surface area contributed by atoms with E-state index >= 15 is 0 Å². The van der Waals surface area contributed by atoms with Gasteiger partial charge in [-0.1, -0.05) is 43.0 Å². The van der Waals surface area contributed by atoms with Gasteiger partial charge in [-0.25, -0.2) is 9.59 Å². The number of hydrogen-bond donors (Lipinski definition) is 4. The molecule has 9 heteroatoms. The molecular weight excluding hydrogens is 450 g/mol. The van der Waals surface area contributed by atoms with E-state index < -0.39 is 23.6 Å². The van der Waals surface area contributed by atoms with E-state index in [4.69, 9.17) is 0 Å². The highest BCUT2D eigenvalue weighted by Gasteiger charge is 2.20. The number of nitrogens with zero attached hydrogens (tertiary/aromatic N) is 2. The van der Waals surface area contributed by atoms with Crippen molar-refractivity contribution < 1.29 is 29.7 Å². The molecule has 0 fully saturated rings. The molecule has 9 nitrogen and oxygen atoms in total. The number of allylic oxidation sites excluding steroid dienone is 1. The summed E-state index contributed by atoms with van der Waals surface area (Å²) in [5.74, 6) is -3.74. The number of aromatic carboxylic acids is 2. The maximum Gasteiger partial charge on any atom is 0.335 e. The number of carbonyl (C=O) groups is 3. The molecule has 3 rings (SSSR count). The lowest BCUT2D eigenvalue weighted by molar-refractivity contribution is 0.0696. The average molecular weight is 471 g/mol. The minimum Gasteiger partial charge on any atom is -0.505 e. The third kappa shape index (κ3) is 5.66. The number of azo groups is 1. The minimum atomic E-state index is -1.34. The first kappa shape index (κ1) is 24.6. The van der Waals surface area contributed by atoms with E-state index in [1.807, 2.05) is 0 Å². The molecule has 3 aromatic rings. The highest BCUT2D eigenvalue weighted by molar-refractivity contribution is 6.08. The highest BCUT2D eigenvalue weighted by atomic mass is 16.4. The first-order chi connectivity index (χ1) is 16.7. The fraction of sp³-hybridized carbons (Fsp3) is 0.0385. The molecule has 176 valence electrons. The van der Waals surface area contributed by atoms with Crippen molar-refractivity contribution in [2.75, 3.05) is 5.32 Å². The molecule has 0 atom stereocenters. The van der Waals surface area contributed by atoms with Gasteiger partial charge in [0, 0.05) is 11.3 Å². The maximum absolute atomic E-state index is 12.9. The number of anilines is 1. The molecule has 0 bridgehead atoms. The fourth-order valence-electron chi connectivity index (χ4n) is 3.24. The molecule has 35 heavy (non-hydrogen) atoms. The Morgan fingerprint density at radius 3 is 2.11 bits per heavy atom.